The molecule has 9 heteroatoms. The third-order valence-electron chi connectivity index (χ3n) is 5.28. The van der Waals surface area contributed by atoms with Gasteiger partial charge in [0.25, 0.3) is 15.9 Å². The van der Waals surface area contributed by atoms with Crippen LogP contribution >= 0.6 is 11.6 Å². The van der Waals surface area contributed by atoms with Gasteiger partial charge in [-0.25, -0.2) is 8.42 Å². The van der Waals surface area contributed by atoms with Gasteiger partial charge in [-0.3, -0.25) is 9.10 Å². The first-order chi connectivity index (χ1) is 15.9. The third-order valence-corrected chi connectivity index (χ3v) is 7.31. The molecular weight excluding hydrogens is 464 g/mol. The summed E-state index contributed by atoms with van der Waals surface area (Å²) < 4.78 is 39.6. The molecule has 172 valence electrons. The van der Waals surface area contributed by atoms with Crippen molar-refractivity contribution < 1.29 is 22.7 Å². The fourth-order valence-electron chi connectivity index (χ4n) is 3.63. The quantitative estimate of drug-likeness (QED) is 0.551. The van der Waals surface area contributed by atoms with Gasteiger partial charge in [-0.1, -0.05) is 54.1 Å². The molecule has 4 rings (SSSR count). The lowest BCUT2D eigenvalue weighted by Crippen LogP contribution is -2.51. The minimum Gasteiger partial charge on any atom is -0.495 e. The Labute approximate surface area is 197 Å². The molecule has 3 aromatic rings. The number of carbonyl (C=O) groups excluding carboxylic acids is 1. The second-order valence-corrected chi connectivity index (χ2v) is 9.70. The monoisotopic (exact) mass is 486 g/mol. The molecule has 1 N–H and O–H groups in total. The predicted molar refractivity (Wildman–Crippen MR) is 127 cm³/mol. The Kier molecular flexibility index (Phi) is 6.76. The molecule has 1 amide bonds. The summed E-state index contributed by atoms with van der Waals surface area (Å²) >= 11 is 6.08. The summed E-state index contributed by atoms with van der Waals surface area (Å²) in [6, 6.07) is 20.8. The zero-order valence-corrected chi connectivity index (χ0v) is 19.5. The number of fused-ring (bicyclic) bond motifs is 1. The van der Waals surface area contributed by atoms with Gasteiger partial charge in [0, 0.05) is 11.6 Å². The molecule has 1 heterocycles. The predicted octanol–water partition coefficient (Wildman–Crippen LogP) is 3.66. The van der Waals surface area contributed by atoms with Gasteiger partial charge in [0.15, 0.2) is 6.10 Å². The maximum Gasteiger partial charge on any atom is 0.268 e. The molecule has 1 aliphatic heterocycles. The van der Waals surface area contributed by atoms with Crippen LogP contribution in [0.3, 0.4) is 0 Å². The van der Waals surface area contributed by atoms with Crippen molar-refractivity contribution in [2.45, 2.75) is 17.4 Å². The molecule has 0 saturated carbocycles. The lowest BCUT2D eigenvalue weighted by Gasteiger charge is -2.35. The number of rotatable bonds is 7. The molecule has 0 bridgehead atoms. The number of nitrogens with one attached hydrogen (secondary N) is 1. The fraction of sp³-hybridized carbons (Fsp3) is 0.208. The molecule has 0 saturated heterocycles. The average Bonchev–Trinajstić information content (AvgIpc) is 2.83. The summed E-state index contributed by atoms with van der Waals surface area (Å²) in [7, 11) is -2.72. The van der Waals surface area contributed by atoms with Crippen LogP contribution in [0.1, 0.15) is 5.56 Å². The van der Waals surface area contributed by atoms with E-state index in [1.807, 2.05) is 30.3 Å². The first kappa shape index (κ1) is 22.9. The first-order valence-electron chi connectivity index (χ1n) is 10.3. The molecule has 1 aliphatic rings. The van der Waals surface area contributed by atoms with Crippen LogP contribution in [0.2, 0.25) is 5.02 Å². The van der Waals surface area contributed by atoms with Gasteiger partial charge in [0.2, 0.25) is 0 Å². The van der Waals surface area contributed by atoms with Crippen molar-refractivity contribution in [1.29, 1.82) is 0 Å². The number of hydrogen-bond acceptors (Lipinski definition) is 5. The summed E-state index contributed by atoms with van der Waals surface area (Å²) in [5, 5.41) is 3.10. The van der Waals surface area contributed by atoms with Crippen LogP contribution < -0.4 is 19.1 Å². The number of amides is 1. The fourth-order valence-corrected chi connectivity index (χ4v) is 5.52. The van der Waals surface area contributed by atoms with Gasteiger partial charge in [0.05, 0.1) is 19.3 Å². The highest BCUT2D eigenvalue weighted by molar-refractivity contribution is 7.93. The van der Waals surface area contributed by atoms with Crippen LogP contribution in [0.25, 0.3) is 0 Å². The molecule has 0 fully saturated rings. The van der Waals surface area contributed by atoms with Crippen molar-refractivity contribution >= 4 is 33.2 Å². The van der Waals surface area contributed by atoms with Crippen molar-refractivity contribution in [2.75, 3.05) is 24.5 Å². The van der Waals surface area contributed by atoms with Gasteiger partial charge >= 0.3 is 0 Å². The van der Waals surface area contributed by atoms with E-state index in [1.54, 1.807) is 30.3 Å². The van der Waals surface area contributed by atoms with E-state index in [-0.39, 0.29) is 22.2 Å². The summed E-state index contributed by atoms with van der Waals surface area (Å²) in [5.41, 5.74) is 1.43. The summed E-state index contributed by atoms with van der Waals surface area (Å²) in [4.78, 5) is 12.8. The highest BCUT2D eigenvalue weighted by atomic mass is 35.5. The van der Waals surface area contributed by atoms with Crippen molar-refractivity contribution in [2.24, 2.45) is 0 Å². The third kappa shape index (κ3) is 4.91. The number of methoxy groups -OCH3 is 1. The Morgan fingerprint density at radius 2 is 1.85 bits per heavy atom. The van der Waals surface area contributed by atoms with E-state index in [2.05, 4.69) is 5.32 Å². The number of halogens is 1. The van der Waals surface area contributed by atoms with E-state index in [0.717, 1.165) is 5.56 Å². The van der Waals surface area contributed by atoms with Crippen LogP contribution in [0.15, 0.2) is 77.7 Å². The lowest BCUT2D eigenvalue weighted by atomic mass is 10.1. The SMILES string of the molecule is COc1ccc(Cl)cc1S(=O)(=O)N1C[C@H](C(=O)NCCc2ccccc2)Oc2ccccc21. The average molecular weight is 487 g/mol. The topological polar surface area (TPSA) is 84.9 Å². The number of anilines is 1. The minimum atomic E-state index is -4.11. The highest BCUT2D eigenvalue weighted by Gasteiger charge is 2.38. The molecule has 7 nitrogen and oxygen atoms in total. The summed E-state index contributed by atoms with van der Waals surface area (Å²) in [5.74, 6) is 0.0717. The van der Waals surface area contributed by atoms with E-state index >= 15 is 0 Å². The van der Waals surface area contributed by atoms with E-state index in [0.29, 0.717) is 24.4 Å². The van der Waals surface area contributed by atoms with Gasteiger partial charge in [-0.05, 0) is 42.3 Å². The number of para-hydroxylation sites is 2. The maximum absolute atomic E-state index is 13.6. The van der Waals surface area contributed by atoms with Crippen LogP contribution in [0, 0.1) is 0 Å². The van der Waals surface area contributed by atoms with Crippen molar-refractivity contribution in [3.63, 3.8) is 0 Å². The van der Waals surface area contributed by atoms with Gasteiger partial charge in [-0.2, -0.15) is 0 Å². The number of ether oxygens (including phenoxy) is 2. The number of sulfonamides is 1. The highest BCUT2D eigenvalue weighted by Crippen LogP contribution is 2.39. The number of benzene rings is 3. The molecular formula is C24H23ClN2O5S. The standard InChI is InChI=1S/C24H23ClN2O5S/c1-31-21-12-11-18(25)15-23(21)33(29,30)27-16-22(32-20-10-6-5-9-19(20)27)24(28)26-14-13-17-7-3-2-4-8-17/h2-12,15,22H,13-14,16H2,1H3,(H,26,28)/t22-/m1/s1. The molecule has 0 radical (unpaired) electrons. The Morgan fingerprint density at radius 3 is 2.61 bits per heavy atom. The first-order valence-corrected chi connectivity index (χ1v) is 12.2. The molecule has 0 spiro atoms. The van der Waals surface area contributed by atoms with Gasteiger partial charge in [0.1, 0.15) is 16.4 Å². The van der Waals surface area contributed by atoms with E-state index in [9.17, 15) is 13.2 Å². The lowest BCUT2D eigenvalue weighted by molar-refractivity contribution is -0.127. The van der Waals surface area contributed by atoms with E-state index in [4.69, 9.17) is 21.1 Å². The summed E-state index contributed by atoms with van der Waals surface area (Å²) in [6.45, 7) is 0.214. The molecule has 0 aliphatic carbocycles. The number of hydrogen-bond donors (Lipinski definition) is 1. The molecule has 3 aromatic carbocycles. The normalized spacial score (nSPS) is 15.3. The summed E-state index contributed by atoms with van der Waals surface area (Å²) in [6.07, 6.45) is -0.368. The van der Waals surface area contributed by atoms with Gasteiger partial charge in [-0.15, -0.1) is 0 Å². The second-order valence-electron chi connectivity index (χ2n) is 7.43. The van der Waals surface area contributed by atoms with Crippen molar-refractivity contribution in [1.82, 2.24) is 5.32 Å². The molecule has 0 aromatic heterocycles. The molecule has 0 unspecified atom stereocenters. The smallest absolute Gasteiger partial charge is 0.268 e. The Bertz CT molecular complexity index is 1250. The van der Waals surface area contributed by atoms with E-state index in [1.165, 1.54) is 23.5 Å². The zero-order valence-electron chi connectivity index (χ0n) is 17.9. The number of nitrogens with zero attached hydrogens (tertiary/aromatic N) is 1. The second kappa shape index (κ2) is 9.72. The van der Waals surface area contributed by atoms with Crippen LogP contribution in [-0.4, -0.2) is 40.6 Å². The zero-order chi connectivity index (χ0) is 23.4. The number of carbonyl (C=O) groups is 1. The van der Waals surface area contributed by atoms with Crippen LogP contribution in [-0.2, 0) is 21.2 Å². The van der Waals surface area contributed by atoms with Crippen molar-refractivity contribution in [3.8, 4) is 11.5 Å². The largest absolute Gasteiger partial charge is 0.495 e. The van der Waals surface area contributed by atoms with Crippen molar-refractivity contribution in [3.05, 3.63) is 83.4 Å². The van der Waals surface area contributed by atoms with Crippen LogP contribution in [0.4, 0.5) is 5.69 Å². The minimum absolute atomic E-state index is 0.0857. The molecule has 1 atom stereocenters. The maximum atomic E-state index is 13.6. The van der Waals surface area contributed by atoms with Crippen LogP contribution in [0.5, 0.6) is 11.5 Å². The van der Waals surface area contributed by atoms with E-state index < -0.39 is 22.0 Å². The Hall–Kier alpha value is -3.23. The molecule has 33 heavy (non-hydrogen) atoms. The Balaban J connectivity index is 1.59. The van der Waals surface area contributed by atoms with Gasteiger partial charge < -0.3 is 14.8 Å². The Morgan fingerprint density at radius 1 is 1.12 bits per heavy atom.